The molecule has 3 nitrogen and oxygen atoms in total. The first-order valence-electron chi connectivity index (χ1n) is 6.12. The Morgan fingerprint density at radius 2 is 2.06 bits per heavy atom. The largest absolute Gasteiger partial charge is 0.478 e. The molecule has 0 unspecified atom stereocenters. The molecule has 2 atom stereocenters. The summed E-state index contributed by atoms with van der Waals surface area (Å²) in [6, 6.07) is 0. The lowest BCUT2D eigenvalue weighted by Crippen LogP contribution is -2.31. The summed E-state index contributed by atoms with van der Waals surface area (Å²) in [5.41, 5.74) is 2.38. The van der Waals surface area contributed by atoms with Crippen LogP contribution in [-0.4, -0.2) is 22.8 Å². The Morgan fingerprint density at radius 3 is 2.53 bits per heavy atom. The van der Waals surface area contributed by atoms with Gasteiger partial charge in [-0.2, -0.15) is 0 Å². The molecule has 0 heterocycles. The highest BCUT2D eigenvalue weighted by atomic mass is 16.4. The molecule has 0 aromatic carbocycles. The number of carboxylic acid groups (broad SMARTS) is 1. The fourth-order valence-electron chi connectivity index (χ4n) is 3.09. The maximum Gasteiger partial charge on any atom is 0.332 e. The predicted octanol–water partition coefficient (Wildman–Crippen LogP) is 2.37. The van der Waals surface area contributed by atoms with Crippen LogP contribution in [0.1, 0.15) is 33.6 Å². The molecule has 1 saturated carbocycles. The van der Waals surface area contributed by atoms with Crippen molar-refractivity contribution in [1.82, 2.24) is 0 Å². The number of carbonyl (C=O) groups is 1. The quantitative estimate of drug-likeness (QED) is 0.571. The van der Waals surface area contributed by atoms with Crippen molar-refractivity contribution in [3.63, 3.8) is 0 Å². The number of carboxylic acids is 1. The SMILES string of the molecule is CC(C)(C)C(C(=O)O)=C1C[C@@H]2CC(CO)=C[C@H]12. The van der Waals surface area contributed by atoms with Gasteiger partial charge < -0.3 is 10.2 Å². The summed E-state index contributed by atoms with van der Waals surface area (Å²) >= 11 is 0. The molecule has 94 valence electrons. The molecule has 1 fully saturated rings. The van der Waals surface area contributed by atoms with Gasteiger partial charge in [-0.05, 0) is 29.7 Å². The van der Waals surface area contributed by atoms with E-state index < -0.39 is 5.97 Å². The van der Waals surface area contributed by atoms with Gasteiger partial charge in [0.05, 0.1) is 6.61 Å². The molecule has 0 bridgehead atoms. The zero-order chi connectivity index (χ0) is 12.8. The van der Waals surface area contributed by atoms with Crippen molar-refractivity contribution < 1.29 is 15.0 Å². The molecule has 2 aliphatic rings. The zero-order valence-corrected chi connectivity index (χ0v) is 10.7. The van der Waals surface area contributed by atoms with Crippen molar-refractivity contribution in [2.24, 2.45) is 17.3 Å². The Balaban J connectivity index is 2.34. The number of allylic oxidation sites excluding steroid dienone is 2. The minimum atomic E-state index is -0.795. The lowest BCUT2D eigenvalue weighted by Gasteiger charge is -2.38. The number of hydrogen-bond donors (Lipinski definition) is 2. The second kappa shape index (κ2) is 3.98. The van der Waals surface area contributed by atoms with Gasteiger partial charge in [0.1, 0.15) is 0 Å². The Kier molecular flexibility index (Phi) is 2.90. The third kappa shape index (κ3) is 2.04. The minimum absolute atomic E-state index is 0.109. The average molecular weight is 236 g/mol. The molecule has 0 aromatic heterocycles. The first-order chi connectivity index (χ1) is 7.84. The number of aliphatic hydroxyl groups is 1. The standard InChI is InChI=1S/C14H20O3/c1-14(2,3)12(13(16)17)11-6-9-4-8(7-15)5-10(9)11/h5,9-10,15H,4,6-7H2,1-3H3,(H,16,17)/t9-,10-/m0/s1. The summed E-state index contributed by atoms with van der Waals surface area (Å²) in [5.74, 6) is 0.00289. The highest BCUT2D eigenvalue weighted by molar-refractivity contribution is 5.89. The van der Waals surface area contributed by atoms with Crippen LogP contribution in [0.2, 0.25) is 0 Å². The van der Waals surface area contributed by atoms with E-state index in [4.69, 9.17) is 5.11 Å². The lowest BCUT2D eigenvalue weighted by molar-refractivity contribution is -0.133. The monoisotopic (exact) mass is 236 g/mol. The molecule has 2 aliphatic carbocycles. The van der Waals surface area contributed by atoms with E-state index in [2.05, 4.69) is 6.08 Å². The van der Waals surface area contributed by atoms with Crippen LogP contribution in [0.25, 0.3) is 0 Å². The summed E-state index contributed by atoms with van der Waals surface area (Å²) in [5, 5.41) is 18.5. The third-order valence-corrected chi connectivity index (χ3v) is 3.82. The lowest BCUT2D eigenvalue weighted by atomic mass is 9.65. The molecule has 2 N–H and O–H groups in total. The number of fused-ring (bicyclic) bond motifs is 1. The third-order valence-electron chi connectivity index (χ3n) is 3.82. The van der Waals surface area contributed by atoms with Crippen molar-refractivity contribution in [3.05, 3.63) is 22.8 Å². The minimum Gasteiger partial charge on any atom is -0.478 e. The Hall–Kier alpha value is -1.09. The van der Waals surface area contributed by atoms with Gasteiger partial charge in [-0.25, -0.2) is 4.79 Å². The van der Waals surface area contributed by atoms with Crippen LogP contribution < -0.4 is 0 Å². The van der Waals surface area contributed by atoms with Crippen LogP contribution in [0, 0.1) is 17.3 Å². The van der Waals surface area contributed by atoms with E-state index in [1.807, 2.05) is 20.8 Å². The van der Waals surface area contributed by atoms with Crippen molar-refractivity contribution in [2.75, 3.05) is 6.61 Å². The van der Waals surface area contributed by atoms with E-state index in [-0.39, 0.29) is 17.9 Å². The van der Waals surface area contributed by atoms with E-state index >= 15 is 0 Å². The fraction of sp³-hybridized carbons (Fsp3) is 0.643. The van der Waals surface area contributed by atoms with E-state index in [0.29, 0.717) is 11.5 Å². The smallest absolute Gasteiger partial charge is 0.332 e. The van der Waals surface area contributed by atoms with Crippen LogP contribution in [0.3, 0.4) is 0 Å². The van der Waals surface area contributed by atoms with E-state index in [9.17, 15) is 9.90 Å². The molecule has 0 radical (unpaired) electrons. The first kappa shape index (κ1) is 12.4. The second-order valence-corrected chi connectivity index (χ2v) is 6.13. The van der Waals surface area contributed by atoms with E-state index in [1.54, 1.807) is 0 Å². The van der Waals surface area contributed by atoms with Gasteiger partial charge in [0.2, 0.25) is 0 Å². The number of rotatable bonds is 2. The summed E-state index contributed by atoms with van der Waals surface area (Å²) in [6.45, 7) is 5.95. The van der Waals surface area contributed by atoms with Crippen molar-refractivity contribution in [1.29, 1.82) is 0 Å². The van der Waals surface area contributed by atoms with Gasteiger partial charge in [-0.15, -0.1) is 0 Å². The van der Waals surface area contributed by atoms with Crippen LogP contribution >= 0.6 is 0 Å². The molecular weight excluding hydrogens is 216 g/mol. The van der Waals surface area contributed by atoms with Crippen molar-refractivity contribution >= 4 is 5.97 Å². The molecule has 0 spiro atoms. The fourth-order valence-corrected chi connectivity index (χ4v) is 3.09. The zero-order valence-electron chi connectivity index (χ0n) is 10.7. The average Bonchev–Trinajstić information content (AvgIpc) is 2.49. The molecule has 3 heteroatoms. The first-order valence-corrected chi connectivity index (χ1v) is 6.12. The topological polar surface area (TPSA) is 57.5 Å². The van der Waals surface area contributed by atoms with Gasteiger partial charge in [0, 0.05) is 11.5 Å². The van der Waals surface area contributed by atoms with Gasteiger partial charge in [0.25, 0.3) is 0 Å². The summed E-state index contributed by atoms with van der Waals surface area (Å²) in [4.78, 5) is 11.4. The van der Waals surface area contributed by atoms with Gasteiger partial charge in [-0.1, -0.05) is 32.4 Å². The van der Waals surface area contributed by atoms with Crippen molar-refractivity contribution in [3.8, 4) is 0 Å². The molecule has 0 saturated heterocycles. The predicted molar refractivity (Wildman–Crippen MR) is 65.5 cm³/mol. The molecule has 0 aliphatic heterocycles. The Bertz CT molecular complexity index is 410. The normalized spacial score (nSPS) is 30.5. The maximum absolute atomic E-state index is 11.4. The van der Waals surface area contributed by atoms with Gasteiger partial charge in [0.15, 0.2) is 0 Å². The second-order valence-electron chi connectivity index (χ2n) is 6.13. The molecule has 0 aromatic rings. The van der Waals surface area contributed by atoms with Crippen LogP contribution in [0.4, 0.5) is 0 Å². The molecule has 2 rings (SSSR count). The van der Waals surface area contributed by atoms with E-state index in [1.165, 1.54) is 0 Å². The Labute approximate surface area is 102 Å². The molecule has 17 heavy (non-hydrogen) atoms. The highest BCUT2D eigenvalue weighted by Gasteiger charge is 2.43. The van der Waals surface area contributed by atoms with Crippen molar-refractivity contribution in [2.45, 2.75) is 33.6 Å². The van der Waals surface area contributed by atoms with Crippen LogP contribution in [-0.2, 0) is 4.79 Å². The molecular formula is C14H20O3. The summed E-state index contributed by atoms with van der Waals surface area (Å²) in [7, 11) is 0. The number of aliphatic hydroxyl groups excluding tert-OH is 1. The van der Waals surface area contributed by atoms with Gasteiger partial charge >= 0.3 is 5.97 Å². The van der Waals surface area contributed by atoms with Gasteiger partial charge in [-0.3, -0.25) is 0 Å². The summed E-state index contributed by atoms with van der Waals surface area (Å²) < 4.78 is 0. The number of aliphatic carboxylic acids is 1. The maximum atomic E-state index is 11.4. The highest BCUT2D eigenvalue weighted by Crippen LogP contribution is 2.52. The number of hydrogen-bond acceptors (Lipinski definition) is 2. The van der Waals surface area contributed by atoms with Crippen LogP contribution in [0.5, 0.6) is 0 Å². The Morgan fingerprint density at radius 1 is 1.41 bits per heavy atom. The van der Waals surface area contributed by atoms with E-state index in [0.717, 1.165) is 24.0 Å². The molecule has 0 amide bonds. The summed E-state index contributed by atoms with van der Waals surface area (Å²) in [6.07, 6.45) is 3.88. The van der Waals surface area contributed by atoms with Crippen LogP contribution in [0.15, 0.2) is 22.8 Å².